The van der Waals surface area contributed by atoms with Gasteiger partial charge >= 0.3 is 0 Å². The Labute approximate surface area is 261 Å². The zero-order valence-electron chi connectivity index (χ0n) is 24.7. The lowest BCUT2D eigenvalue weighted by molar-refractivity contribution is -0.124. The first-order valence-corrected chi connectivity index (χ1v) is 14.2. The van der Waals surface area contributed by atoms with Crippen LogP contribution in [0.5, 0.6) is 0 Å². The summed E-state index contributed by atoms with van der Waals surface area (Å²) in [6.07, 6.45) is 2.54. The minimum Gasteiger partial charge on any atom is -0.416 e. The molecule has 0 saturated carbocycles. The van der Waals surface area contributed by atoms with Crippen LogP contribution in [0.1, 0.15) is 37.5 Å². The normalized spacial score (nSPS) is 14.8. The molecule has 0 bridgehead atoms. The molecule has 4 heterocycles. The minimum absolute atomic E-state index is 0.243. The van der Waals surface area contributed by atoms with Gasteiger partial charge in [0.1, 0.15) is 0 Å². The molecule has 2 N–H and O–H groups in total. The van der Waals surface area contributed by atoms with E-state index in [-0.39, 0.29) is 29.0 Å². The number of carbonyl (C=O) groups is 4. The van der Waals surface area contributed by atoms with Crippen LogP contribution >= 0.6 is 0 Å². The molecule has 7 rings (SSSR count). The van der Waals surface area contributed by atoms with E-state index in [4.69, 9.17) is 8.83 Å². The van der Waals surface area contributed by atoms with Crippen LogP contribution in [-0.2, 0) is 24.6 Å². The first-order chi connectivity index (χ1) is 22.0. The van der Waals surface area contributed by atoms with Crippen molar-refractivity contribution < 1.29 is 28.0 Å². The fourth-order valence-electron chi connectivity index (χ4n) is 5.06. The molecule has 226 valence electrons. The summed E-state index contributed by atoms with van der Waals surface area (Å²) in [5.74, 6) is -0.630. The van der Waals surface area contributed by atoms with Gasteiger partial charge in [-0.25, -0.2) is 0 Å². The van der Waals surface area contributed by atoms with Crippen LogP contribution in [0.15, 0.2) is 87.7 Å². The third-order valence-electron chi connectivity index (χ3n) is 7.54. The lowest BCUT2D eigenvalue weighted by Gasteiger charge is -2.20. The number of nitrogens with zero attached hydrogens (tertiary/aromatic N) is 4. The van der Waals surface area contributed by atoms with E-state index in [0.29, 0.717) is 44.5 Å². The SMILES string of the molecule is CC(C)(C)c1cc(-c2nnc(-c3ccc(C4=CC(=O)NC4=O)cc3)o2)cc(-c2nnc(-c3ccc(C4=CC(=O)NC4=O)cc3)o2)c1. The molecule has 5 aromatic rings. The predicted molar refractivity (Wildman–Crippen MR) is 165 cm³/mol. The zero-order valence-corrected chi connectivity index (χ0v) is 24.7. The Morgan fingerprint density at radius 3 is 1.17 bits per heavy atom. The van der Waals surface area contributed by atoms with E-state index in [1.54, 1.807) is 48.5 Å². The number of aromatic nitrogens is 4. The van der Waals surface area contributed by atoms with E-state index >= 15 is 0 Å². The number of hydrogen-bond acceptors (Lipinski definition) is 10. The van der Waals surface area contributed by atoms with Crippen LogP contribution < -0.4 is 10.6 Å². The number of amides is 4. The molecule has 0 saturated heterocycles. The zero-order chi connectivity index (χ0) is 32.2. The first-order valence-electron chi connectivity index (χ1n) is 14.2. The van der Waals surface area contributed by atoms with Crippen molar-refractivity contribution in [2.45, 2.75) is 26.2 Å². The monoisotopic (exact) mass is 612 g/mol. The Hall–Kier alpha value is -6.30. The van der Waals surface area contributed by atoms with Crippen LogP contribution in [0.25, 0.3) is 57.0 Å². The lowest BCUT2D eigenvalue weighted by Crippen LogP contribution is -2.21. The number of rotatable bonds is 6. The topological polar surface area (TPSA) is 170 Å². The van der Waals surface area contributed by atoms with Crippen LogP contribution in [0, 0.1) is 0 Å². The molecular weight excluding hydrogens is 588 g/mol. The van der Waals surface area contributed by atoms with Gasteiger partial charge in [0.05, 0.1) is 11.1 Å². The van der Waals surface area contributed by atoms with Gasteiger partial charge < -0.3 is 8.83 Å². The second-order valence-corrected chi connectivity index (χ2v) is 11.8. The smallest absolute Gasteiger partial charge is 0.258 e. The van der Waals surface area contributed by atoms with E-state index < -0.39 is 23.6 Å². The second kappa shape index (κ2) is 10.7. The molecule has 0 radical (unpaired) electrons. The van der Waals surface area contributed by atoms with Crippen molar-refractivity contribution in [1.82, 2.24) is 31.0 Å². The Bertz CT molecular complexity index is 2000. The maximum absolute atomic E-state index is 12.0. The summed E-state index contributed by atoms with van der Waals surface area (Å²) >= 11 is 0. The number of hydrogen-bond donors (Lipinski definition) is 2. The number of carbonyl (C=O) groups excluding carboxylic acids is 4. The molecule has 0 atom stereocenters. The summed E-state index contributed by atoms with van der Waals surface area (Å²) in [7, 11) is 0. The second-order valence-electron chi connectivity index (χ2n) is 11.8. The summed E-state index contributed by atoms with van der Waals surface area (Å²) in [6.45, 7) is 6.25. The fourth-order valence-corrected chi connectivity index (χ4v) is 5.06. The summed E-state index contributed by atoms with van der Waals surface area (Å²) in [5, 5.41) is 21.5. The molecule has 2 aliphatic rings. The van der Waals surface area contributed by atoms with Crippen molar-refractivity contribution in [2.24, 2.45) is 0 Å². The lowest BCUT2D eigenvalue weighted by atomic mass is 9.85. The maximum atomic E-state index is 12.0. The molecule has 0 aliphatic carbocycles. The Balaban J connectivity index is 1.17. The van der Waals surface area contributed by atoms with E-state index in [1.807, 2.05) is 18.2 Å². The Kier molecular flexibility index (Phi) is 6.62. The molecule has 3 aromatic carbocycles. The predicted octanol–water partition coefficient (Wildman–Crippen LogP) is 4.50. The van der Waals surface area contributed by atoms with Gasteiger partial charge in [0.2, 0.25) is 23.6 Å². The standard InChI is InChI=1S/C34H24N6O6/c1-34(2,3)23-13-21(32-39-37-30(45-32)19-8-4-17(5-9-19)24-15-26(41)35-28(24)43)12-22(14-23)33-40-38-31(46-33)20-10-6-18(7-11-20)25-16-27(42)36-29(25)44/h4-16H,1-3H3,(H,35,41,43)(H,36,42,44). The van der Waals surface area contributed by atoms with Gasteiger partial charge in [-0.1, -0.05) is 45.0 Å². The van der Waals surface area contributed by atoms with Crippen molar-refractivity contribution in [2.75, 3.05) is 0 Å². The molecule has 4 amide bonds. The highest BCUT2D eigenvalue weighted by Gasteiger charge is 2.25. The van der Waals surface area contributed by atoms with E-state index in [2.05, 4.69) is 51.8 Å². The third kappa shape index (κ3) is 5.32. The summed E-state index contributed by atoms with van der Waals surface area (Å²) in [5.41, 5.74) is 5.12. The maximum Gasteiger partial charge on any atom is 0.258 e. The average molecular weight is 613 g/mol. The van der Waals surface area contributed by atoms with Crippen LogP contribution in [0.4, 0.5) is 0 Å². The minimum atomic E-state index is -0.443. The quantitative estimate of drug-likeness (QED) is 0.260. The molecule has 0 spiro atoms. The Morgan fingerprint density at radius 1 is 0.500 bits per heavy atom. The number of nitrogens with one attached hydrogen (secondary N) is 2. The molecule has 2 aliphatic heterocycles. The highest BCUT2D eigenvalue weighted by molar-refractivity contribution is 6.34. The van der Waals surface area contributed by atoms with Gasteiger partial charge in [0.15, 0.2) is 0 Å². The number of imide groups is 2. The molecule has 0 fully saturated rings. The van der Waals surface area contributed by atoms with Gasteiger partial charge in [-0.15, -0.1) is 20.4 Å². The highest BCUT2D eigenvalue weighted by Crippen LogP contribution is 2.35. The van der Waals surface area contributed by atoms with Gasteiger partial charge in [0.25, 0.3) is 23.6 Å². The van der Waals surface area contributed by atoms with Crippen LogP contribution in [0.3, 0.4) is 0 Å². The van der Waals surface area contributed by atoms with Crippen LogP contribution in [-0.4, -0.2) is 44.0 Å². The molecule has 2 aromatic heterocycles. The van der Waals surface area contributed by atoms with Gasteiger partial charge in [-0.05, 0) is 64.6 Å². The largest absolute Gasteiger partial charge is 0.416 e. The first kappa shape index (κ1) is 28.5. The van der Waals surface area contributed by atoms with Crippen molar-refractivity contribution in [3.8, 4) is 45.8 Å². The molecular formula is C34H24N6O6. The van der Waals surface area contributed by atoms with Gasteiger partial charge in [0, 0.05) is 34.4 Å². The van der Waals surface area contributed by atoms with Crippen molar-refractivity contribution in [3.05, 3.63) is 95.6 Å². The fraction of sp³-hybridized carbons (Fsp3) is 0.118. The van der Waals surface area contributed by atoms with Gasteiger partial charge in [-0.2, -0.15) is 0 Å². The molecule has 46 heavy (non-hydrogen) atoms. The number of benzene rings is 3. The van der Waals surface area contributed by atoms with Crippen LogP contribution in [0.2, 0.25) is 0 Å². The molecule has 0 unspecified atom stereocenters. The molecule has 12 nitrogen and oxygen atoms in total. The van der Waals surface area contributed by atoms with Crippen molar-refractivity contribution in [3.63, 3.8) is 0 Å². The van der Waals surface area contributed by atoms with Crippen molar-refractivity contribution in [1.29, 1.82) is 0 Å². The van der Waals surface area contributed by atoms with E-state index in [9.17, 15) is 19.2 Å². The average Bonchev–Trinajstić information content (AvgIpc) is 3.84. The summed E-state index contributed by atoms with van der Waals surface area (Å²) in [6, 6.07) is 19.6. The van der Waals surface area contributed by atoms with E-state index in [1.165, 1.54) is 12.2 Å². The van der Waals surface area contributed by atoms with Crippen molar-refractivity contribution >= 4 is 34.8 Å². The summed E-state index contributed by atoms with van der Waals surface area (Å²) in [4.78, 5) is 47.0. The van der Waals surface area contributed by atoms with Gasteiger partial charge in [-0.3, -0.25) is 29.8 Å². The Morgan fingerprint density at radius 2 is 0.848 bits per heavy atom. The highest BCUT2D eigenvalue weighted by atomic mass is 16.4. The third-order valence-corrected chi connectivity index (χ3v) is 7.54. The summed E-state index contributed by atoms with van der Waals surface area (Å²) < 4.78 is 12.1. The molecule has 12 heteroatoms. The van der Waals surface area contributed by atoms with E-state index in [0.717, 1.165) is 5.56 Å².